The fourth-order valence-corrected chi connectivity index (χ4v) is 5.34. The van der Waals surface area contributed by atoms with Gasteiger partial charge in [0.25, 0.3) is 0 Å². The lowest BCUT2D eigenvalue weighted by Gasteiger charge is -2.17. The highest BCUT2D eigenvalue weighted by Gasteiger charge is 2.31. The number of carbonyl (C=O) groups is 2. The summed E-state index contributed by atoms with van der Waals surface area (Å²) in [7, 11) is 0. The maximum absolute atomic E-state index is 12.9. The van der Waals surface area contributed by atoms with Crippen molar-refractivity contribution in [1.82, 2.24) is 10.3 Å². The second-order valence-corrected chi connectivity index (χ2v) is 9.98. The number of aryl methyl sites for hydroxylation is 2. The number of nitrogens with two attached hydrogens (primary N) is 1. The van der Waals surface area contributed by atoms with Gasteiger partial charge in [0.2, 0.25) is 5.91 Å². The van der Waals surface area contributed by atoms with Gasteiger partial charge in [-0.15, -0.1) is 0 Å². The van der Waals surface area contributed by atoms with E-state index in [9.17, 15) is 9.59 Å². The van der Waals surface area contributed by atoms with Crippen LogP contribution in [0.25, 0.3) is 10.8 Å². The molecule has 2 aromatic carbocycles. The predicted molar refractivity (Wildman–Crippen MR) is 138 cm³/mol. The first-order valence-corrected chi connectivity index (χ1v) is 12.4. The van der Waals surface area contributed by atoms with Crippen molar-refractivity contribution in [2.75, 3.05) is 5.73 Å². The van der Waals surface area contributed by atoms with Crippen molar-refractivity contribution in [1.29, 1.82) is 0 Å². The van der Waals surface area contributed by atoms with Gasteiger partial charge >= 0.3 is 0 Å². The van der Waals surface area contributed by atoms with Gasteiger partial charge in [-0.3, -0.25) is 9.59 Å². The number of rotatable bonds is 8. The van der Waals surface area contributed by atoms with Crippen LogP contribution < -0.4 is 11.1 Å². The van der Waals surface area contributed by atoms with Crippen molar-refractivity contribution in [3.63, 3.8) is 0 Å². The van der Waals surface area contributed by atoms with E-state index in [4.69, 9.17) is 17.3 Å². The van der Waals surface area contributed by atoms with Gasteiger partial charge in [0.1, 0.15) is 5.82 Å². The molecule has 0 unspecified atom stereocenters. The molecule has 178 valence electrons. The fraction of sp³-hybridized carbons (Fsp3) is 0.393. The number of hydrogen-bond acceptors (Lipinski definition) is 4. The maximum Gasteiger partial charge on any atom is 0.223 e. The first-order valence-electron chi connectivity index (χ1n) is 12.0. The van der Waals surface area contributed by atoms with Crippen LogP contribution in [0.4, 0.5) is 5.82 Å². The summed E-state index contributed by atoms with van der Waals surface area (Å²) in [6.45, 7) is 3.67. The Hall–Kier alpha value is -2.92. The summed E-state index contributed by atoms with van der Waals surface area (Å²) in [4.78, 5) is 29.8. The molecule has 5 nitrogen and oxygen atoms in total. The lowest BCUT2D eigenvalue weighted by Crippen LogP contribution is -2.41. The number of amides is 1. The maximum atomic E-state index is 12.9. The number of hydrogen-bond donors (Lipinski definition) is 2. The third-order valence-corrected chi connectivity index (χ3v) is 7.25. The highest BCUT2D eigenvalue weighted by atomic mass is 35.5. The van der Waals surface area contributed by atoms with Crippen LogP contribution in [-0.2, 0) is 22.4 Å². The minimum atomic E-state index is -0.495. The Morgan fingerprint density at radius 3 is 2.74 bits per heavy atom. The molecule has 0 radical (unpaired) electrons. The summed E-state index contributed by atoms with van der Waals surface area (Å²) in [5.74, 6) is 0.889. The quantitative estimate of drug-likeness (QED) is 0.452. The number of pyridine rings is 1. The van der Waals surface area contributed by atoms with Crippen LogP contribution in [0.15, 0.2) is 48.5 Å². The topological polar surface area (TPSA) is 85.1 Å². The molecule has 0 spiro atoms. The first-order chi connectivity index (χ1) is 16.3. The molecule has 1 aliphatic rings. The Morgan fingerprint density at radius 2 is 1.94 bits per heavy atom. The molecule has 0 aliphatic heterocycles. The van der Waals surface area contributed by atoms with Gasteiger partial charge in [-0.1, -0.05) is 41.9 Å². The van der Waals surface area contributed by atoms with Gasteiger partial charge in [-0.25, -0.2) is 4.98 Å². The van der Waals surface area contributed by atoms with Crippen molar-refractivity contribution in [2.45, 2.75) is 58.4 Å². The molecular formula is C28H32ClN3O2. The number of benzene rings is 2. The number of ketones is 1. The van der Waals surface area contributed by atoms with E-state index in [1.54, 1.807) is 13.0 Å². The van der Waals surface area contributed by atoms with Crippen molar-refractivity contribution in [3.05, 3.63) is 70.4 Å². The van der Waals surface area contributed by atoms with Gasteiger partial charge in [0, 0.05) is 23.1 Å². The first kappa shape index (κ1) is 24.2. The second-order valence-electron chi connectivity index (χ2n) is 9.54. The summed E-state index contributed by atoms with van der Waals surface area (Å²) in [5, 5.41) is 6.08. The monoisotopic (exact) mass is 477 g/mol. The van der Waals surface area contributed by atoms with Crippen LogP contribution in [-0.4, -0.2) is 22.7 Å². The Balaban J connectivity index is 1.29. The predicted octanol–water partition coefficient (Wildman–Crippen LogP) is 5.44. The van der Waals surface area contributed by atoms with Crippen LogP contribution in [0.2, 0.25) is 5.02 Å². The van der Waals surface area contributed by atoms with Crippen molar-refractivity contribution < 1.29 is 9.59 Å². The van der Waals surface area contributed by atoms with E-state index in [1.807, 2.05) is 31.2 Å². The van der Waals surface area contributed by atoms with E-state index in [0.29, 0.717) is 24.6 Å². The lowest BCUT2D eigenvalue weighted by atomic mass is 9.93. The molecule has 1 aliphatic carbocycles. The molecule has 1 amide bonds. The summed E-state index contributed by atoms with van der Waals surface area (Å²) in [6, 6.07) is 15.5. The normalized spacial score (nSPS) is 18.7. The van der Waals surface area contributed by atoms with E-state index in [1.165, 1.54) is 10.9 Å². The average Bonchev–Trinajstić information content (AvgIpc) is 3.27. The van der Waals surface area contributed by atoms with E-state index in [2.05, 4.69) is 28.5 Å². The lowest BCUT2D eigenvalue weighted by molar-refractivity contribution is -0.129. The molecular weight excluding hydrogens is 446 g/mol. The molecule has 3 aromatic rings. The van der Waals surface area contributed by atoms with Gasteiger partial charge in [-0.05, 0) is 92.0 Å². The molecule has 4 rings (SSSR count). The summed E-state index contributed by atoms with van der Waals surface area (Å²) in [6.07, 6.45) is 4.56. The molecule has 1 aromatic heterocycles. The van der Waals surface area contributed by atoms with Crippen molar-refractivity contribution in [2.24, 2.45) is 11.8 Å². The van der Waals surface area contributed by atoms with E-state index < -0.39 is 6.04 Å². The molecule has 6 heteroatoms. The zero-order chi connectivity index (χ0) is 24.2. The zero-order valence-electron chi connectivity index (χ0n) is 19.8. The number of nitrogens with zero attached hydrogens (tertiary/aromatic N) is 1. The van der Waals surface area contributed by atoms with Crippen LogP contribution in [0, 0.1) is 18.8 Å². The molecule has 1 fully saturated rings. The van der Waals surface area contributed by atoms with Crippen LogP contribution in [0.5, 0.6) is 0 Å². The van der Waals surface area contributed by atoms with E-state index in [0.717, 1.165) is 47.3 Å². The molecule has 0 bridgehead atoms. The van der Waals surface area contributed by atoms with Crippen LogP contribution in [0.3, 0.4) is 0 Å². The Labute approximate surface area is 206 Å². The zero-order valence-corrected chi connectivity index (χ0v) is 20.6. The molecule has 1 saturated carbocycles. The number of nitrogens with one attached hydrogen (secondary N) is 1. The highest BCUT2D eigenvalue weighted by molar-refractivity contribution is 6.31. The molecule has 3 atom stereocenters. The standard InChI is InChI=1S/C28H32ClN3O2/c1-17-20(10-12-27(30)31-17)9-11-26(33)18(2)32-28(34)22-8-7-19(13-22)14-23-16-24(29)15-21-5-3-4-6-25(21)23/h3-6,10,12,15-16,18-19,22H,7-9,11,13-14H2,1-2H3,(H2,30,31)(H,32,34)/t18-,19+,22+/m0/s1. The number of halogens is 1. The van der Waals surface area contributed by atoms with E-state index >= 15 is 0 Å². The number of Topliss-reactive ketones (excluding diaryl/α,β-unsaturated/α-hetero) is 1. The summed E-state index contributed by atoms with van der Waals surface area (Å²) in [5.41, 5.74) is 8.79. The Kier molecular flexibility index (Phi) is 7.52. The number of fused-ring (bicyclic) bond motifs is 1. The smallest absolute Gasteiger partial charge is 0.223 e. The minimum absolute atomic E-state index is 0.00960. The SMILES string of the molecule is Cc1nc(N)ccc1CCC(=O)[C@H](C)NC(=O)[C@@H]1CC[C@@H](Cc2cc(Cl)cc3ccccc23)C1. The van der Waals surface area contributed by atoms with Gasteiger partial charge in [0.05, 0.1) is 6.04 Å². The summed E-state index contributed by atoms with van der Waals surface area (Å²) >= 11 is 6.35. The van der Waals surface area contributed by atoms with Gasteiger partial charge in [-0.2, -0.15) is 0 Å². The average molecular weight is 478 g/mol. The number of nitrogen functional groups attached to an aromatic ring is 1. The molecule has 0 saturated heterocycles. The number of aromatic nitrogens is 1. The van der Waals surface area contributed by atoms with Gasteiger partial charge < -0.3 is 11.1 Å². The molecule has 34 heavy (non-hydrogen) atoms. The van der Waals surface area contributed by atoms with Crippen molar-refractivity contribution >= 4 is 39.9 Å². The minimum Gasteiger partial charge on any atom is -0.384 e. The van der Waals surface area contributed by atoms with E-state index in [-0.39, 0.29) is 17.6 Å². The number of carbonyl (C=O) groups excluding carboxylic acids is 2. The van der Waals surface area contributed by atoms with Crippen molar-refractivity contribution in [3.8, 4) is 0 Å². The van der Waals surface area contributed by atoms with Gasteiger partial charge in [0.15, 0.2) is 5.78 Å². The molecule has 1 heterocycles. The fourth-order valence-electron chi connectivity index (χ4n) is 5.09. The third kappa shape index (κ3) is 5.76. The Morgan fingerprint density at radius 1 is 1.15 bits per heavy atom. The second kappa shape index (κ2) is 10.6. The van der Waals surface area contributed by atoms with Crippen LogP contribution >= 0.6 is 11.6 Å². The molecule has 3 N–H and O–H groups in total. The Bertz CT molecular complexity index is 1210. The third-order valence-electron chi connectivity index (χ3n) is 7.03. The van der Waals surface area contributed by atoms with Crippen LogP contribution in [0.1, 0.15) is 49.4 Å². The number of anilines is 1. The largest absolute Gasteiger partial charge is 0.384 e. The summed E-state index contributed by atoms with van der Waals surface area (Å²) < 4.78 is 0. The highest BCUT2D eigenvalue weighted by Crippen LogP contribution is 2.35.